The molecule has 0 saturated carbocycles. The van der Waals surface area contributed by atoms with Crippen molar-refractivity contribution in [2.24, 2.45) is 0 Å². The SMILES string of the molecule is O=C(C=Cc1ccco1)OC(OC(=O)C=Cc1ccco1)c1ccccc1. The van der Waals surface area contributed by atoms with Gasteiger partial charge in [-0.15, -0.1) is 0 Å². The molecule has 3 rings (SSSR count). The van der Waals surface area contributed by atoms with Gasteiger partial charge in [0.1, 0.15) is 11.5 Å². The van der Waals surface area contributed by atoms with Gasteiger partial charge < -0.3 is 18.3 Å². The summed E-state index contributed by atoms with van der Waals surface area (Å²) in [5.74, 6) is -0.352. The molecule has 0 saturated heterocycles. The molecule has 0 aliphatic rings. The van der Waals surface area contributed by atoms with Crippen molar-refractivity contribution in [1.29, 1.82) is 0 Å². The van der Waals surface area contributed by atoms with Crippen molar-refractivity contribution < 1.29 is 27.9 Å². The first-order valence-corrected chi connectivity index (χ1v) is 8.10. The highest BCUT2D eigenvalue weighted by Gasteiger charge is 2.19. The van der Waals surface area contributed by atoms with Crippen molar-refractivity contribution in [1.82, 2.24) is 0 Å². The molecule has 2 aromatic heterocycles. The molecule has 0 aliphatic heterocycles. The molecule has 0 fully saturated rings. The standard InChI is InChI=1S/C21H16O6/c22-19(12-10-17-8-4-14-24-17)26-21(16-6-2-1-3-7-16)27-20(23)13-11-18-9-5-15-25-18/h1-15,21H. The Morgan fingerprint density at radius 1 is 0.741 bits per heavy atom. The third kappa shape index (κ3) is 5.61. The molecule has 3 aromatic rings. The minimum atomic E-state index is -1.19. The van der Waals surface area contributed by atoms with E-state index >= 15 is 0 Å². The number of hydrogen-bond donors (Lipinski definition) is 0. The molecular formula is C21H16O6. The molecule has 136 valence electrons. The van der Waals surface area contributed by atoms with Gasteiger partial charge in [-0.3, -0.25) is 0 Å². The van der Waals surface area contributed by atoms with Gasteiger partial charge in [0.15, 0.2) is 0 Å². The van der Waals surface area contributed by atoms with Crippen LogP contribution in [0.2, 0.25) is 0 Å². The number of hydrogen-bond acceptors (Lipinski definition) is 6. The average Bonchev–Trinajstić information content (AvgIpc) is 3.39. The summed E-state index contributed by atoms with van der Waals surface area (Å²) in [5, 5.41) is 0. The lowest BCUT2D eigenvalue weighted by molar-refractivity contribution is -0.182. The first-order valence-electron chi connectivity index (χ1n) is 8.10. The highest BCUT2D eigenvalue weighted by Crippen LogP contribution is 2.20. The minimum absolute atomic E-state index is 0.501. The Labute approximate surface area is 155 Å². The number of furan rings is 2. The van der Waals surface area contributed by atoms with Gasteiger partial charge >= 0.3 is 11.9 Å². The lowest BCUT2D eigenvalue weighted by Gasteiger charge is -2.16. The van der Waals surface area contributed by atoms with Gasteiger partial charge in [0.25, 0.3) is 6.29 Å². The average molecular weight is 364 g/mol. The highest BCUT2D eigenvalue weighted by molar-refractivity contribution is 5.88. The molecular weight excluding hydrogens is 348 g/mol. The fraction of sp³-hybridized carbons (Fsp3) is 0.0476. The summed E-state index contributed by atoms with van der Waals surface area (Å²) >= 11 is 0. The van der Waals surface area contributed by atoms with Crippen molar-refractivity contribution in [3.8, 4) is 0 Å². The molecule has 0 aliphatic carbocycles. The second-order valence-electron chi connectivity index (χ2n) is 5.31. The highest BCUT2D eigenvalue weighted by atomic mass is 16.7. The number of esters is 2. The Morgan fingerprint density at radius 3 is 1.70 bits per heavy atom. The predicted octanol–water partition coefficient (Wildman–Crippen LogP) is 4.38. The van der Waals surface area contributed by atoms with Crippen LogP contribution in [0.5, 0.6) is 0 Å². The maximum absolute atomic E-state index is 12.1. The van der Waals surface area contributed by atoms with Crippen LogP contribution < -0.4 is 0 Å². The number of ether oxygens (including phenoxy) is 2. The topological polar surface area (TPSA) is 78.9 Å². The Balaban J connectivity index is 1.67. The molecule has 27 heavy (non-hydrogen) atoms. The Kier molecular flexibility index (Phi) is 6.04. The van der Waals surface area contributed by atoms with Crippen molar-refractivity contribution in [3.63, 3.8) is 0 Å². The lowest BCUT2D eigenvalue weighted by Crippen LogP contribution is -2.16. The number of carbonyl (C=O) groups is 2. The molecule has 0 radical (unpaired) electrons. The van der Waals surface area contributed by atoms with Crippen LogP contribution in [0, 0.1) is 0 Å². The van der Waals surface area contributed by atoms with Crippen molar-refractivity contribution in [3.05, 3.63) is 96.4 Å². The monoisotopic (exact) mass is 364 g/mol. The molecule has 0 bridgehead atoms. The van der Waals surface area contributed by atoms with Crippen LogP contribution in [0.3, 0.4) is 0 Å². The summed E-state index contributed by atoms with van der Waals surface area (Å²) in [6.45, 7) is 0. The molecule has 6 nitrogen and oxygen atoms in total. The maximum atomic E-state index is 12.1. The van der Waals surface area contributed by atoms with Gasteiger partial charge in [-0.2, -0.15) is 0 Å². The van der Waals surface area contributed by atoms with Crippen LogP contribution in [0.4, 0.5) is 0 Å². The Hall–Kier alpha value is -3.80. The zero-order chi connectivity index (χ0) is 18.9. The van der Waals surface area contributed by atoms with Gasteiger partial charge in [0.2, 0.25) is 0 Å². The number of rotatable bonds is 7. The van der Waals surface area contributed by atoms with Crippen LogP contribution in [0.25, 0.3) is 12.2 Å². The second-order valence-corrected chi connectivity index (χ2v) is 5.31. The summed E-state index contributed by atoms with van der Waals surface area (Å²) in [4.78, 5) is 24.1. The van der Waals surface area contributed by atoms with E-state index in [1.165, 1.54) is 36.8 Å². The van der Waals surface area contributed by atoms with Crippen molar-refractivity contribution >= 4 is 24.1 Å². The predicted molar refractivity (Wildman–Crippen MR) is 96.9 cm³/mol. The first-order chi connectivity index (χ1) is 13.2. The van der Waals surface area contributed by atoms with E-state index in [-0.39, 0.29) is 0 Å². The largest absolute Gasteiger partial charge is 0.465 e. The molecule has 0 unspecified atom stereocenters. The van der Waals surface area contributed by atoms with Gasteiger partial charge in [0, 0.05) is 17.7 Å². The van der Waals surface area contributed by atoms with Crippen molar-refractivity contribution in [2.75, 3.05) is 0 Å². The van der Waals surface area contributed by atoms with E-state index in [1.807, 2.05) is 0 Å². The number of carbonyl (C=O) groups excluding carboxylic acids is 2. The summed E-state index contributed by atoms with van der Waals surface area (Å²) < 4.78 is 20.8. The third-order valence-electron chi connectivity index (χ3n) is 3.37. The van der Waals surface area contributed by atoms with Crippen molar-refractivity contribution in [2.45, 2.75) is 6.29 Å². The summed E-state index contributed by atoms with van der Waals surface area (Å²) in [6.07, 6.45) is 7.11. The van der Waals surface area contributed by atoms with Crippen LogP contribution in [-0.2, 0) is 19.1 Å². The third-order valence-corrected chi connectivity index (χ3v) is 3.37. The van der Waals surface area contributed by atoms with E-state index in [0.717, 1.165) is 0 Å². The fourth-order valence-corrected chi connectivity index (χ4v) is 2.13. The molecule has 1 aromatic carbocycles. The second kappa shape index (κ2) is 9.05. The van der Waals surface area contributed by atoms with Gasteiger partial charge in [-0.1, -0.05) is 30.3 Å². The zero-order valence-corrected chi connectivity index (χ0v) is 14.2. The Bertz CT molecular complexity index is 847. The Morgan fingerprint density at radius 2 is 1.26 bits per heavy atom. The van der Waals surface area contributed by atoms with Gasteiger partial charge in [0.05, 0.1) is 12.5 Å². The lowest BCUT2D eigenvalue weighted by atomic mass is 10.2. The van der Waals surface area contributed by atoms with Crippen LogP contribution >= 0.6 is 0 Å². The normalized spacial score (nSPS) is 12.3. The van der Waals surface area contributed by atoms with E-state index < -0.39 is 18.2 Å². The molecule has 0 amide bonds. The zero-order valence-electron chi connectivity index (χ0n) is 14.2. The van der Waals surface area contributed by atoms with E-state index in [1.54, 1.807) is 54.6 Å². The minimum Gasteiger partial charge on any atom is -0.465 e. The smallest absolute Gasteiger partial charge is 0.334 e. The first kappa shape index (κ1) is 18.0. The maximum Gasteiger partial charge on any atom is 0.334 e. The van der Waals surface area contributed by atoms with E-state index in [4.69, 9.17) is 18.3 Å². The number of benzene rings is 1. The molecule has 2 heterocycles. The fourth-order valence-electron chi connectivity index (χ4n) is 2.13. The molecule has 0 N–H and O–H groups in total. The van der Waals surface area contributed by atoms with Gasteiger partial charge in [-0.05, 0) is 36.4 Å². The van der Waals surface area contributed by atoms with Gasteiger partial charge in [-0.25, -0.2) is 9.59 Å². The molecule has 0 atom stereocenters. The van der Waals surface area contributed by atoms with E-state index in [9.17, 15) is 9.59 Å². The van der Waals surface area contributed by atoms with Crippen LogP contribution in [-0.4, -0.2) is 11.9 Å². The molecule has 6 heteroatoms. The summed E-state index contributed by atoms with van der Waals surface area (Å²) in [6, 6.07) is 15.5. The summed E-state index contributed by atoms with van der Waals surface area (Å²) in [5.41, 5.74) is 0.525. The van der Waals surface area contributed by atoms with E-state index in [0.29, 0.717) is 17.1 Å². The quantitative estimate of drug-likeness (QED) is 0.352. The summed E-state index contributed by atoms with van der Waals surface area (Å²) in [7, 11) is 0. The van der Waals surface area contributed by atoms with E-state index in [2.05, 4.69) is 0 Å². The van der Waals surface area contributed by atoms with Crippen LogP contribution in [0.15, 0.2) is 88.1 Å². The van der Waals surface area contributed by atoms with Crippen LogP contribution in [0.1, 0.15) is 23.4 Å². The molecule has 0 spiro atoms.